The summed E-state index contributed by atoms with van der Waals surface area (Å²) in [5.41, 5.74) is 0.889. The SMILES string of the molecule is O=C(CCc1ccccc1Cl)N1CC2(C1)OCC[C@@H]2COCC1CC1. The molecule has 2 saturated heterocycles. The number of carbonyl (C=O) groups is 1. The van der Waals surface area contributed by atoms with Gasteiger partial charge in [-0.15, -0.1) is 0 Å². The molecule has 25 heavy (non-hydrogen) atoms. The summed E-state index contributed by atoms with van der Waals surface area (Å²) in [5, 5.41) is 0.738. The monoisotopic (exact) mass is 363 g/mol. The minimum Gasteiger partial charge on any atom is -0.381 e. The van der Waals surface area contributed by atoms with Gasteiger partial charge in [0.25, 0.3) is 0 Å². The number of halogens is 1. The molecule has 1 spiro atoms. The number of hydrogen-bond donors (Lipinski definition) is 0. The second-order valence-corrected chi connectivity index (χ2v) is 8.13. The van der Waals surface area contributed by atoms with Gasteiger partial charge in [-0.25, -0.2) is 0 Å². The van der Waals surface area contributed by atoms with Crippen LogP contribution in [0.3, 0.4) is 0 Å². The fourth-order valence-electron chi connectivity index (χ4n) is 3.91. The molecule has 1 amide bonds. The Balaban J connectivity index is 1.24. The van der Waals surface area contributed by atoms with Gasteiger partial charge in [-0.3, -0.25) is 4.79 Å². The minimum atomic E-state index is -0.149. The predicted molar refractivity (Wildman–Crippen MR) is 96.7 cm³/mol. The van der Waals surface area contributed by atoms with E-state index < -0.39 is 0 Å². The number of amides is 1. The fraction of sp³-hybridized carbons (Fsp3) is 0.650. The molecule has 0 unspecified atom stereocenters. The second-order valence-electron chi connectivity index (χ2n) is 7.72. The first kappa shape index (κ1) is 17.3. The van der Waals surface area contributed by atoms with Crippen molar-refractivity contribution in [3.8, 4) is 0 Å². The summed E-state index contributed by atoms with van der Waals surface area (Å²) in [4.78, 5) is 14.4. The van der Waals surface area contributed by atoms with Crippen LogP contribution in [0.5, 0.6) is 0 Å². The number of hydrogen-bond acceptors (Lipinski definition) is 3. The molecule has 136 valence electrons. The molecule has 0 radical (unpaired) electrons. The quantitative estimate of drug-likeness (QED) is 0.746. The van der Waals surface area contributed by atoms with Gasteiger partial charge in [0.2, 0.25) is 5.91 Å². The molecule has 0 aromatic heterocycles. The summed E-state index contributed by atoms with van der Waals surface area (Å²) in [5.74, 6) is 1.42. The Kier molecular flexibility index (Phi) is 5.03. The lowest BCUT2D eigenvalue weighted by molar-refractivity contribution is -0.168. The average molecular weight is 364 g/mol. The van der Waals surface area contributed by atoms with Gasteiger partial charge in [0, 0.05) is 30.6 Å². The van der Waals surface area contributed by atoms with Gasteiger partial charge in [-0.1, -0.05) is 29.8 Å². The van der Waals surface area contributed by atoms with Crippen LogP contribution in [0.4, 0.5) is 0 Å². The van der Waals surface area contributed by atoms with E-state index in [0.29, 0.717) is 31.8 Å². The summed E-state index contributed by atoms with van der Waals surface area (Å²) >= 11 is 6.17. The van der Waals surface area contributed by atoms with Crippen LogP contribution in [-0.4, -0.2) is 49.3 Å². The molecule has 1 aliphatic carbocycles. The first-order chi connectivity index (χ1) is 12.2. The van der Waals surface area contributed by atoms with Gasteiger partial charge >= 0.3 is 0 Å². The van der Waals surface area contributed by atoms with Gasteiger partial charge in [0.1, 0.15) is 5.60 Å². The van der Waals surface area contributed by atoms with Gasteiger partial charge in [-0.2, -0.15) is 0 Å². The van der Waals surface area contributed by atoms with Crippen LogP contribution in [0, 0.1) is 11.8 Å². The lowest BCUT2D eigenvalue weighted by atomic mass is 9.81. The molecule has 1 aromatic carbocycles. The third-order valence-electron chi connectivity index (χ3n) is 5.81. The number of aryl methyl sites for hydroxylation is 1. The van der Waals surface area contributed by atoms with Crippen molar-refractivity contribution in [3.05, 3.63) is 34.9 Å². The Morgan fingerprint density at radius 3 is 2.80 bits per heavy atom. The molecular formula is C20H26ClNO3. The van der Waals surface area contributed by atoms with Crippen LogP contribution in [0.25, 0.3) is 0 Å². The third-order valence-corrected chi connectivity index (χ3v) is 6.17. The highest BCUT2D eigenvalue weighted by Crippen LogP contribution is 2.41. The van der Waals surface area contributed by atoms with E-state index in [9.17, 15) is 4.79 Å². The van der Waals surface area contributed by atoms with E-state index in [1.807, 2.05) is 29.2 Å². The number of nitrogens with zero attached hydrogens (tertiary/aromatic N) is 1. The zero-order chi connectivity index (χ0) is 17.3. The van der Waals surface area contributed by atoms with E-state index in [1.165, 1.54) is 12.8 Å². The highest BCUT2D eigenvalue weighted by molar-refractivity contribution is 6.31. The molecule has 0 bridgehead atoms. The first-order valence-electron chi connectivity index (χ1n) is 9.39. The molecule has 2 heterocycles. The van der Waals surface area contributed by atoms with Crippen LogP contribution >= 0.6 is 11.6 Å². The number of rotatable bonds is 7. The minimum absolute atomic E-state index is 0.149. The molecule has 3 fully saturated rings. The van der Waals surface area contributed by atoms with Crippen molar-refractivity contribution in [2.24, 2.45) is 11.8 Å². The third kappa shape index (κ3) is 3.86. The smallest absolute Gasteiger partial charge is 0.223 e. The molecule has 0 N–H and O–H groups in total. The molecule has 4 rings (SSSR count). The summed E-state index contributed by atoms with van der Waals surface area (Å²) in [7, 11) is 0. The predicted octanol–water partition coefficient (Wildman–Crippen LogP) is 3.32. The van der Waals surface area contributed by atoms with Crippen LogP contribution in [0.1, 0.15) is 31.2 Å². The van der Waals surface area contributed by atoms with Crippen molar-refractivity contribution in [2.45, 2.75) is 37.7 Å². The summed E-state index contributed by atoms with van der Waals surface area (Å²) in [6.45, 7) is 3.89. The molecule has 1 saturated carbocycles. The highest BCUT2D eigenvalue weighted by atomic mass is 35.5. The number of carbonyl (C=O) groups excluding carboxylic acids is 1. The van der Waals surface area contributed by atoms with Gasteiger partial charge in [0.15, 0.2) is 0 Å². The second kappa shape index (κ2) is 7.26. The van der Waals surface area contributed by atoms with Crippen LogP contribution in [-0.2, 0) is 20.7 Å². The Hall–Kier alpha value is -1.10. The summed E-state index contributed by atoms with van der Waals surface area (Å²) in [6, 6.07) is 7.73. The van der Waals surface area contributed by atoms with Crippen molar-refractivity contribution in [1.29, 1.82) is 0 Å². The molecule has 5 heteroatoms. The lowest BCUT2D eigenvalue weighted by Gasteiger charge is -2.50. The number of ether oxygens (including phenoxy) is 2. The molecule has 1 atom stereocenters. The topological polar surface area (TPSA) is 38.8 Å². The standard InChI is InChI=1S/C20H26ClNO3/c21-18-4-2-1-3-16(18)7-8-19(23)22-13-20(14-22)17(9-10-25-20)12-24-11-15-5-6-15/h1-4,15,17H,5-14H2/t17-/m1/s1. The molecule has 3 aliphatic rings. The zero-order valence-electron chi connectivity index (χ0n) is 14.6. The lowest BCUT2D eigenvalue weighted by Crippen LogP contribution is -2.66. The normalized spacial score (nSPS) is 24.5. The van der Waals surface area contributed by atoms with E-state index in [4.69, 9.17) is 21.1 Å². The maximum absolute atomic E-state index is 12.5. The summed E-state index contributed by atoms with van der Waals surface area (Å²) in [6.07, 6.45) is 4.88. The molecule has 2 aliphatic heterocycles. The number of likely N-dealkylation sites (tertiary alicyclic amines) is 1. The summed E-state index contributed by atoms with van der Waals surface area (Å²) < 4.78 is 11.9. The van der Waals surface area contributed by atoms with E-state index in [1.54, 1.807) is 0 Å². The number of benzene rings is 1. The van der Waals surface area contributed by atoms with Crippen LogP contribution in [0.15, 0.2) is 24.3 Å². The van der Waals surface area contributed by atoms with Crippen molar-refractivity contribution in [2.75, 3.05) is 32.9 Å². The Labute approximate surface area is 154 Å². The van der Waals surface area contributed by atoms with Gasteiger partial charge < -0.3 is 14.4 Å². The van der Waals surface area contributed by atoms with Crippen molar-refractivity contribution in [3.63, 3.8) is 0 Å². The van der Waals surface area contributed by atoms with E-state index in [-0.39, 0.29) is 11.5 Å². The molecular weight excluding hydrogens is 338 g/mol. The van der Waals surface area contributed by atoms with E-state index in [0.717, 1.165) is 42.7 Å². The Morgan fingerprint density at radius 2 is 2.04 bits per heavy atom. The maximum Gasteiger partial charge on any atom is 0.223 e. The molecule has 1 aromatic rings. The molecule has 4 nitrogen and oxygen atoms in total. The zero-order valence-corrected chi connectivity index (χ0v) is 15.3. The highest BCUT2D eigenvalue weighted by Gasteiger charge is 2.54. The van der Waals surface area contributed by atoms with Crippen LogP contribution < -0.4 is 0 Å². The van der Waals surface area contributed by atoms with Crippen LogP contribution in [0.2, 0.25) is 5.02 Å². The van der Waals surface area contributed by atoms with Crippen molar-refractivity contribution < 1.29 is 14.3 Å². The van der Waals surface area contributed by atoms with E-state index in [2.05, 4.69) is 0 Å². The Morgan fingerprint density at radius 1 is 1.24 bits per heavy atom. The largest absolute Gasteiger partial charge is 0.381 e. The Bertz CT molecular complexity index is 625. The van der Waals surface area contributed by atoms with E-state index >= 15 is 0 Å². The van der Waals surface area contributed by atoms with Gasteiger partial charge in [0.05, 0.1) is 19.7 Å². The van der Waals surface area contributed by atoms with Crippen molar-refractivity contribution in [1.82, 2.24) is 4.90 Å². The van der Waals surface area contributed by atoms with Gasteiger partial charge in [-0.05, 0) is 43.2 Å². The maximum atomic E-state index is 12.5. The average Bonchev–Trinajstić information content (AvgIpc) is 3.30. The first-order valence-corrected chi connectivity index (χ1v) is 9.77. The van der Waals surface area contributed by atoms with Crippen molar-refractivity contribution >= 4 is 17.5 Å². The fourth-order valence-corrected chi connectivity index (χ4v) is 4.14.